The highest BCUT2D eigenvalue weighted by Crippen LogP contribution is 2.19. The van der Waals surface area contributed by atoms with Gasteiger partial charge in [0.2, 0.25) is 23.5 Å². The second kappa shape index (κ2) is 9.30. The third kappa shape index (κ3) is 5.82. The largest absolute Gasteiger partial charge is 0.354 e. The second-order valence-corrected chi connectivity index (χ2v) is 6.55. The smallest absolute Gasteiger partial charge is 0.239 e. The van der Waals surface area contributed by atoms with Crippen LogP contribution in [0.1, 0.15) is 19.7 Å². The molecule has 0 aliphatic rings. The van der Waals surface area contributed by atoms with Crippen molar-refractivity contribution in [2.75, 3.05) is 13.1 Å². The number of nitrogens with two attached hydrogens (primary N) is 1. The number of hydrogen-bond acceptors (Lipinski definition) is 6. The van der Waals surface area contributed by atoms with Gasteiger partial charge in [-0.15, -0.1) is 0 Å². The fourth-order valence-electron chi connectivity index (χ4n) is 2.06. The van der Waals surface area contributed by atoms with Gasteiger partial charge in [0.05, 0.1) is 12.6 Å². The van der Waals surface area contributed by atoms with E-state index < -0.39 is 6.04 Å². The van der Waals surface area contributed by atoms with Crippen LogP contribution in [-0.4, -0.2) is 41.1 Å². The Balaban J connectivity index is 1.74. The SMILES string of the molecule is CC(C)[C@H](N)C(=O)NCC(=O)NCCc1nc(-c2cccc(Cl)c2)no1. The maximum Gasteiger partial charge on any atom is 0.239 e. The molecule has 1 heterocycles. The molecule has 1 aromatic heterocycles. The number of hydrogen-bond donors (Lipinski definition) is 3. The summed E-state index contributed by atoms with van der Waals surface area (Å²) in [6.07, 6.45) is 0.374. The van der Waals surface area contributed by atoms with Crippen LogP contribution >= 0.6 is 11.6 Å². The standard InChI is InChI=1S/C17H22ClN5O3/c1-10(2)15(19)17(25)21-9-13(24)20-7-6-14-22-16(23-26-14)11-4-3-5-12(18)8-11/h3-5,8,10,15H,6-7,9,19H2,1-2H3,(H,20,24)(H,21,25)/t15-/m0/s1. The highest BCUT2D eigenvalue weighted by atomic mass is 35.5. The van der Waals surface area contributed by atoms with Crippen LogP contribution in [0.25, 0.3) is 11.4 Å². The normalized spacial score (nSPS) is 12.0. The van der Waals surface area contributed by atoms with E-state index in [1.54, 1.807) is 18.2 Å². The van der Waals surface area contributed by atoms with E-state index in [2.05, 4.69) is 20.8 Å². The van der Waals surface area contributed by atoms with Crippen LogP contribution in [0.3, 0.4) is 0 Å². The first-order chi connectivity index (χ1) is 12.4. The molecule has 0 aliphatic carbocycles. The summed E-state index contributed by atoms with van der Waals surface area (Å²) >= 11 is 5.94. The lowest BCUT2D eigenvalue weighted by molar-refractivity contribution is -0.127. The molecule has 2 amide bonds. The van der Waals surface area contributed by atoms with Crippen LogP contribution in [0.15, 0.2) is 28.8 Å². The molecule has 140 valence electrons. The summed E-state index contributed by atoms with van der Waals surface area (Å²) in [5.74, 6) is 0.168. The van der Waals surface area contributed by atoms with Crippen LogP contribution in [-0.2, 0) is 16.0 Å². The Hall–Kier alpha value is -2.45. The first kappa shape index (κ1) is 19.9. The highest BCUT2D eigenvalue weighted by molar-refractivity contribution is 6.30. The van der Waals surface area contributed by atoms with Gasteiger partial charge in [-0.05, 0) is 18.1 Å². The van der Waals surface area contributed by atoms with Gasteiger partial charge < -0.3 is 20.9 Å². The number of nitrogens with zero attached hydrogens (tertiary/aromatic N) is 2. The molecule has 8 nitrogen and oxygen atoms in total. The van der Waals surface area contributed by atoms with Crippen molar-refractivity contribution in [3.63, 3.8) is 0 Å². The maximum atomic E-state index is 11.7. The molecule has 0 bridgehead atoms. The van der Waals surface area contributed by atoms with Gasteiger partial charge in [0.1, 0.15) is 0 Å². The third-order valence-electron chi connectivity index (χ3n) is 3.66. The molecule has 4 N–H and O–H groups in total. The van der Waals surface area contributed by atoms with Crippen molar-refractivity contribution in [3.05, 3.63) is 35.2 Å². The number of carbonyl (C=O) groups is 2. The average molecular weight is 380 g/mol. The van der Waals surface area contributed by atoms with Crippen molar-refractivity contribution in [2.24, 2.45) is 11.7 Å². The molecule has 0 aliphatic heterocycles. The van der Waals surface area contributed by atoms with Crippen molar-refractivity contribution in [1.82, 2.24) is 20.8 Å². The minimum atomic E-state index is -0.633. The number of rotatable bonds is 8. The monoisotopic (exact) mass is 379 g/mol. The van der Waals surface area contributed by atoms with Gasteiger partial charge in [-0.1, -0.05) is 42.7 Å². The van der Waals surface area contributed by atoms with Gasteiger partial charge in [-0.2, -0.15) is 4.98 Å². The minimum absolute atomic E-state index is 0.00396. The third-order valence-corrected chi connectivity index (χ3v) is 3.89. The molecular formula is C17H22ClN5O3. The van der Waals surface area contributed by atoms with E-state index >= 15 is 0 Å². The van der Waals surface area contributed by atoms with Gasteiger partial charge in [0, 0.05) is 23.6 Å². The van der Waals surface area contributed by atoms with Gasteiger partial charge >= 0.3 is 0 Å². The van der Waals surface area contributed by atoms with Gasteiger partial charge in [0.15, 0.2) is 0 Å². The molecule has 0 saturated carbocycles. The molecule has 0 radical (unpaired) electrons. The molecule has 0 spiro atoms. The Morgan fingerprint density at radius 3 is 2.77 bits per heavy atom. The Morgan fingerprint density at radius 1 is 1.31 bits per heavy atom. The number of carbonyl (C=O) groups excluding carboxylic acids is 2. The summed E-state index contributed by atoms with van der Waals surface area (Å²) < 4.78 is 5.15. The molecule has 1 aromatic carbocycles. The molecule has 0 saturated heterocycles. The van der Waals surface area contributed by atoms with E-state index in [1.807, 2.05) is 19.9 Å². The fraction of sp³-hybridized carbons (Fsp3) is 0.412. The van der Waals surface area contributed by atoms with E-state index in [0.29, 0.717) is 29.7 Å². The van der Waals surface area contributed by atoms with Crippen LogP contribution in [0.2, 0.25) is 5.02 Å². The van der Waals surface area contributed by atoms with Crippen molar-refractivity contribution >= 4 is 23.4 Å². The van der Waals surface area contributed by atoms with E-state index in [0.717, 1.165) is 5.56 Å². The average Bonchev–Trinajstić information content (AvgIpc) is 3.08. The Kier molecular flexibility index (Phi) is 7.11. The van der Waals surface area contributed by atoms with Crippen LogP contribution in [0.4, 0.5) is 0 Å². The van der Waals surface area contributed by atoms with E-state index in [4.69, 9.17) is 21.9 Å². The summed E-state index contributed by atoms with van der Waals surface area (Å²) in [5.41, 5.74) is 6.45. The van der Waals surface area contributed by atoms with Gasteiger partial charge in [0.25, 0.3) is 0 Å². The highest BCUT2D eigenvalue weighted by Gasteiger charge is 2.17. The molecule has 1 atom stereocenters. The predicted molar refractivity (Wildman–Crippen MR) is 97.3 cm³/mol. The first-order valence-electron chi connectivity index (χ1n) is 8.25. The first-order valence-corrected chi connectivity index (χ1v) is 8.63. The number of aromatic nitrogens is 2. The summed E-state index contributed by atoms with van der Waals surface area (Å²) in [5, 5.41) is 9.65. The van der Waals surface area contributed by atoms with E-state index in [-0.39, 0.29) is 24.3 Å². The second-order valence-electron chi connectivity index (χ2n) is 6.11. The topological polar surface area (TPSA) is 123 Å². The van der Waals surface area contributed by atoms with Crippen molar-refractivity contribution in [1.29, 1.82) is 0 Å². The zero-order valence-corrected chi connectivity index (χ0v) is 15.4. The van der Waals surface area contributed by atoms with E-state index in [9.17, 15) is 9.59 Å². The zero-order valence-electron chi connectivity index (χ0n) is 14.7. The summed E-state index contributed by atoms with van der Waals surface area (Å²) in [7, 11) is 0. The molecule has 2 aromatic rings. The van der Waals surface area contributed by atoms with Crippen LogP contribution in [0.5, 0.6) is 0 Å². The predicted octanol–water partition coefficient (Wildman–Crippen LogP) is 1.15. The molecule has 9 heteroatoms. The van der Waals surface area contributed by atoms with E-state index in [1.165, 1.54) is 0 Å². The summed E-state index contributed by atoms with van der Waals surface area (Å²) in [4.78, 5) is 27.7. The van der Waals surface area contributed by atoms with Gasteiger partial charge in [-0.3, -0.25) is 9.59 Å². The lowest BCUT2D eigenvalue weighted by atomic mass is 10.1. The summed E-state index contributed by atoms with van der Waals surface area (Å²) in [6.45, 7) is 3.86. The Bertz CT molecular complexity index is 762. The minimum Gasteiger partial charge on any atom is -0.354 e. The fourth-order valence-corrected chi connectivity index (χ4v) is 2.25. The Morgan fingerprint density at radius 2 is 2.08 bits per heavy atom. The molecule has 2 rings (SSSR count). The quantitative estimate of drug-likeness (QED) is 0.632. The Labute approximate surface area is 156 Å². The lowest BCUT2D eigenvalue weighted by Gasteiger charge is -2.14. The molecule has 0 fully saturated rings. The number of benzene rings is 1. The zero-order chi connectivity index (χ0) is 19.1. The number of nitrogens with one attached hydrogen (secondary N) is 2. The summed E-state index contributed by atoms with van der Waals surface area (Å²) in [6, 6.07) is 6.49. The number of amides is 2. The van der Waals surface area contributed by atoms with Crippen LogP contribution < -0.4 is 16.4 Å². The lowest BCUT2D eigenvalue weighted by Crippen LogP contribution is -2.47. The van der Waals surface area contributed by atoms with Crippen molar-refractivity contribution < 1.29 is 14.1 Å². The van der Waals surface area contributed by atoms with Gasteiger partial charge in [-0.25, -0.2) is 0 Å². The van der Waals surface area contributed by atoms with Crippen LogP contribution in [0, 0.1) is 5.92 Å². The number of halogens is 1. The maximum absolute atomic E-state index is 11.7. The van der Waals surface area contributed by atoms with Crippen molar-refractivity contribution in [2.45, 2.75) is 26.3 Å². The molecular weight excluding hydrogens is 358 g/mol. The molecule has 26 heavy (non-hydrogen) atoms. The van der Waals surface area contributed by atoms with Crippen molar-refractivity contribution in [3.8, 4) is 11.4 Å². The molecule has 0 unspecified atom stereocenters.